The number of carbonyl (C=O) groups is 1. The van der Waals surface area contributed by atoms with Crippen LogP contribution in [0.25, 0.3) is 22.3 Å². The lowest BCUT2D eigenvalue weighted by molar-refractivity contribution is 0.0224. The molecule has 192 valence electrons. The Balaban J connectivity index is 1.64. The first-order valence-electron chi connectivity index (χ1n) is 12.6. The predicted octanol–water partition coefficient (Wildman–Crippen LogP) is 7.66. The number of hydrogen-bond donors (Lipinski definition) is 0. The molecule has 1 aliphatic heterocycles. The molecule has 0 spiro atoms. The van der Waals surface area contributed by atoms with Crippen LogP contribution in [0.15, 0.2) is 54.6 Å². The Labute approximate surface area is 228 Å². The number of carbonyl (C=O) groups excluding carboxylic acids is 1. The van der Waals surface area contributed by atoms with Gasteiger partial charge in [0.1, 0.15) is 17.4 Å². The van der Waals surface area contributed by atoms with Crippen LogP contribution in [-0.2, 0) is 17.7 Å². The lowest BCUT2D eigenvalue weighted by Crippen LogP contribution is -2.39. The molecule has 0 bridgehead atoms. The van der Waals surface area contributed by atoms with Crippen molar-refractivity contribution in [2.75, 3.05) is 18.5 Å². The molecule has 3 aromatic carbocycles. The van der Waals surface area contributed by atoms with Gasteiger partial charge in [-0.25, -0.2) is 4.79 Å². The maximum Gasteiger partial charge on any atom is 0.410 e. The van der Waals surface area contributed by atoms with Crippen molar-refractivity contribution in [3.63, 3.8) is 0 Å². The van der Waals surface area contributed by atoms with Crippen LogP contribution >= 0.6 is 15.9 Å². The molecule has 5 nitrogen and oxygen atoms in total. The molecule has 0 aromatic heterocycles. The maximum absolute atomic E-state index is 12.5. The van der Waals surface area contributed by atoms with Crippen LogP contribution in [0.3, 0.4) is 0 Å². The Bertz CT molecular complexity index is 1340. The molecule has 1 heterocycles. The lowest BCUT2D eigenvalue weighted by Gasteiger charge is -2.31. The molecule has 6 heteroatoms. The van der Waals surface area contributed by atoms with Gasteiger partial charge in [0.05, 0.1) is 12.2 Å². The monoisotopic (exact) mass is 560 g/mol. The topological polar surface area (TPSA) is 62.6 Å². The van der Waals surface area contributed by atoms with E-state index in [4.69, 9.17) is 9.47 Å². The highest BCUT2D eigenvalue weighted by molar-refractivity contribution is 9.09. The van der Waals surface area contributed by atoms with Gasteiger partial charge in [0.2, 0.25) is 0 Å². The molecule has 0 aliphatic carbocycles. The number of hydrogen-bond acceptors (Lipinski definition) is 4. The normalized spacial score (nSPS) is 13.0. The maximum atomic E-state index is 12.5. The Morgan fingerprint density at radius 1 is 1.05 bits per heavy atom. The Morgan fingerprint density at radius 2 is 1.78 bits per heavy atom. The van der Waals surface area contributed by atoms with E-state index in [1.807, 2.05) is 70.2 Å². The minimum absolute atomic E-state index is 0.282. The van der Waals surface area contributed by atoms with Crippen molar-refractivity contribution >= 4 is 22.0 Å². The van der Waals surface area contributed by atoms with Crippen molar-refractivity contribution in [3.05, 3.63) is 76.9 Å². The minimum Gasteiger partial charge on any atom is -0.493 e. The second-order valence-electron chi connectivity index (χ2n) is 10.3. The van der Waals surface area contributed by atoms with E-state index < -0.39 is 5.60 Å². The van der Waals surface area contributed by atoms with E-state index in [1.165, 1.54) is 5.56 Å². The van der Waals surface area contributed by atoms with Crippen LogP contribution in [0.5, 0.6) is 5.75 Å². The first-order valence-corrected chi connectivity index (χ1v) is 13.8. The highest BCUT2D eigenvalue weighted by Gasteiger charge is 2.26. The van der Waals surface area contributed by atoms with E-state index in [0.29, 0.717) is 25.3 Å². The summed E-state index contributed by atoms with van der Waals surface area (Å²) in [6.07, 6.45) is 1.39. The summed E-state index contributed by atoms with van der Waals surface area (Å²) in [5.74, 6) is 0.844. The third-order valence-corrected chi connectivity index (χ3v) is 7.03. The number of benzene rings is 3. The van der Waals surface area contributed by atoms with Crippen LogP contribution in [0.4, 0.5) is 4.79 Å². The Hall–Kier alpha value is -3.30. The third kappa shape index (κ3) is 6.17. The van der Waals surface area contributed by atoms with Crippen LogP contribution in [0, 0.1) is 18.3 Å². The van der Waals surface area contributed by atoms with Crippen LogP contribution in [0.2, 0.25) is 0 Å². The molecule has 3 aromatic rings. The first kappa shape index (κ1) is 26.8. The average molecular weight is 562 g/mol. The Kier molecular flexibility index (Phi) is 8.24. The van der Waals surface area contributed by atoms with Crippen molar-refractivity contribution in [3.8, 4) is 34.1 Å². The fraction of sp³-hybridized carbons (Fsp3) is 0.355. The van der Waals surface area contributed by atoms with Gasteiger partial charge in [-0.2, -0.15) is 5.26 Å². The number of rotatable bonds is 6. The number of alkyl halides is 1. The van der Waals surface area contributed by atoms with Crippen molar-refractivity contribution in [1.29, 1.82) is 5.26 Å². The zero-order valence-corrected chi connectivity index (χ0v) is 23.5. The molecule has 0 saturated carbocycles. The van der Waals surface area contributed by atoms with E-state index in [9.17, 15) is 10.1 Å². The molecule has 1 aliphatic rings. The van der Waals surface area contributed by atoms with Gasteiger partial charge in [0.25, 0.3) is 0 Å². The van der Waals surface area contributed by atoms with Gasteiger partial charge in [0.15, 0.2) is 0 Å². The number of nitriles is 1. The molecule has 0 unspecified atom stereocenters. The molecule has 0 atom stereocenters. The van der Waals surface area contributed by atoms with E-state index in [2.05, 4.69) is 34.1 Å². The average Bonchev–Trinajstić information content (AvgIpc) is 2.87. The second-order valence-corrected chi connectivity index (χ2v) is 11.1. The predicted molar refractivity (Wildman–Crippen MR) is 151 cm³/mol. The Morgan fingerprint density at radius 3 is 2.51 bits per heavy atom. The van der Waals surface area contributed by atoms with E-state index in [-0.39, 0.29) is 6.09 Å². The number of amides is 1. The molecule has 1 amide bonds. The first-order chi connectivity index (χ1) is 17.7. The number of halogens is 1. The van der Waals surface area contributed by atoms with Crippen LogP contribution in [0.1, 0.15) is 49.4 Å². The van der Waals surface area contributed by atoms with Crippen molar-refractivity contribution < 1.29 is 14.3 Å². The summed E-state index contributed by atoms with van der Waals surface area (Å²) in [7, 11) is 0. The second kappa shape index (κ2) is 11.4. The molecule has 0 N–H and O–H groups in total. The number of ether oxygens (including phenoxy) is 2. The van der Waals surface area contributed by atoms with Gasteiger partial charge in [0, 0.05) is 29.5 Å². The smallest absolute Gasteiger partial charge is 0.410 e. The molecule has 0 fully saturated rings. The fourth-order valence-electron chi connectivity index (χ4n) is 4.64. The van der Waals surface area contributed by atoms with Gasteiger partial charge >= 0.3 is 6.09 Å². The quantitative estimate of drug-likeness (QED) is 0.229. The third-order valence-electron chi connectivity index (χ3n) is 6.47. The van der Waals surface area contributed by atoms with Crippen LogP contribution < -0.4 is 4.74 Å². The summed E-state index contributed by atoms with van der Waals surface area (Å²) >= 11 is 3.45. The SMILES string of the molecule is Cc1c(OCCCBr)cccc1-c1cccc(-c2ccc3c(c2)CCN(C(=O)OC(C)(C)C)C3)c1C#N. The molecular formula is C31H33BrN2O3. The summed E-state index contributed by atoms with van der Waals surface area (Å²) in [4.78, 5) is 14.3. The number of nitrogens with zero attached hydrogens (tertiary/aromatic N) is 2. The van der Waals surface area contributed by atoms with E-state index in [0.717, 1.165) is 57.3 Å². The standard InChI is InChI=1S/C31H33BrN2O3/c1-21-25(8-6-11-29(21)36-17-7-15-32)27-10-5-9-26(28(27)19-33)23-12-13-24-20-34(16-14-22(24)18-23)30(35)37-31(2,3)4/h5-6,8-13,18H,7,14-17,20H2,1-4H3. The van der Waals surface area contributed by atoms with Gasteiger partial charge in [-0.3, -0.25) is 0 Å². The van der Waals surface area contributed by atoms with Gasteiger partial charge in [-0.05, 0) is 74.4 Å². The van der Waals surface area contributed by atoms with Crippen LogP contribution in [-0.4, -0.2) is 35.1 Å². The van der Waals surface area contributed by atoms with Gasteiger partial charge in [-0.1, -0.05) is 64.5 Å². The lowest BCUT2D eigenvalue weighted by atomic mass is 9.88. The molecule has 37 heavy (non-hydrogen) atoms. The minimum atomic E-state index is -0.516. The zero-order valence-electron chi connectivity index (χ0n) is 21.9. The highest BCUT2D eigenvalue weighted by Crippen LogP contribution is 2.37. The highest BCUT2D eigenvalue weighted by atomic mass is 79.9. The summed E-state index contributed by atoms with van der Waals surface area (Å²) in [6.45, 7) is 9.46. The van der Waals surface area contributed by atoms with E-state index >= 15 is 0 Å². The largest absolute Gasteiger partial charge is 0.493 e. The molecule has 0 saturated heterocycles. The van der Waals surface area contributed by atoms with Crippen molar-refractivity contribution in [2.45, 2.75) is 52.7 Å². The summed E-state index contributed by atoms with van der Waals surface area (Å²) in [6, 6.07) is 20.8. The fourth-order valence-corrected chi connectivity index (χ4v) is 4.87. The van der Waals surface area contributed by atoms with Crippen molar-refractivity contribution in [1.82, 2.24) is 4.90 Å². The summed E-state index contributed by atoms with van der Waals surface area (Å²) in [5.41, 5.74) is 7.28. The molecular weight excluding hydrogens is 528 g/mol. The zero-order chi connectivity index (χ0) is 26.6. The van der Waals surface area contributed by atoms with Crippen molar-refractivity contribution in [2.24, 2.45) is 0 Å². The van der Waals surface area contributed by atoms with Gasteiger partial charge in [-0.15, -0.1) is 0 Å². The molecule has 4 rings (SSSR count). The summed E-state index contributed by atoms with van der Waals surface area (Å²) < 4.78 is 11.5. The number of fused-ring (bicyclic) bond motifs is 1. The summed E-state index contributed by atoms with van der Waals surface area (Å²) in [5, 5.41) is 11.1. The van der Waals surface area contributed by atoms with E-state index in [1.54, 1.807) is 4.90 Å². The van der Waals surface area contributed by atoms with Gasteiger partial charge < -0.3 is 14.4 Å². The molecule has 0 radical (unpaired) electrons.